The van der Waals surface area contributed by atoms with E-state index >= 15 is 0 Å². The zero-order valence-corrected chi connectivity index (χ0v) is 40.7. The van der Waals surface area contributed by atoms with E-state index in [1.54, 1.807) is 0 Å². The van der Waals surface area contributed by atoms with Crippen molar-refractivity contribution in [2.45, 2.75) is 205 Å². The molecule has 0 amide bonds. The molecule has 0 bridgehead atoms. The summed E-state index contributed by atoms with van der Waals surface area (Å²) in [5.41, 5.74) is 0. The molecule has 0 rings (SSSR count). The number of hydrogen-bond acceptors (Lipinski definition) is 12. The van der Waals surface area contributed by atoms with Crippen molar-refractivity contribution in [3.63, 3.8) is 0 Å². The van der Waals surface area contributed by atoms with E-state index in [2.05, 4.69) is 106 Å². The van der Waals surface area contributed by atoms with Crippen molar-refractivity contribution >= 4 is 98.3 Å². The van der Waals surface area contributed by atoms with E-state index < -0.39 is 44.9 Å². The van der Waals surface area contributed by atoms with Gasteiger partial charge in [-0.25, -0.2) is 0 Å². The van der Waals surface area contributed by atoms with E-state index in [1.165, 1.54) is 51.4 Å². The quantitative estimate of drug-likeness (QED) is 0.0411. The first-order chi connectivity index (χ1) is 24.1. The van der Waals surface area contributed by atoms with Crippen molar-refractivity contribution in [2.75, 3.05) is 0 Å². The largest absolute Gasteiger partial charge is 4.00 e. The normalized spacial score (nSPS) is 13.0. The van der Waals surface area contributed by atoms with Crippen LogP contribution in [0.1, 0.15) is 184 Å². The molecule has 53 heavy (non-hydrogen) atoms. The number of carbonyl (C=O) groups excluding carboxylic acids is 4. The van der Waals surface area contributed by atoms with Crippen LogP contribution in [0.25, 0.3) is 0 Å². The molecule has 8 nitrogen and oxygen atoms in total. The Balaban J connectivity index is -0.000000192. The first kappa shape index (κ1) is 62.3. The molecule has 0 fully saturated rings. The number of carboxylic acids is 4. The molecule has 0 saturated heterocycles. The molecule has 0 radical (unpaired) electrons. The predicted octanol–water partition coefficient (Wildman–Crippen LogP) is 6.18. The summed E-state index contributed by atoms with van der Waals surface area (Å²) in [6.45, 7) is 17.6. The van der Waals surface area contributed by atoms with Gasteiger partial charge in [-0.05, 0) is 49.4 Å². The molecule has 0 aliphatic heterocycles. The Labute approximate surface area is 364 Å². The summed E-state index contributed by atoms with van der Waals surface area (Å²) in [6, 6.07) is 0. The zero-order chi connectivity index (χ0) is 41.1. The van der Waals surface area contributed by atoms with E-state index in [-0.39, 0.29) is 23.9 Å². The van der Waals surface area contributed by atoms with Crippen LogP contribution in [0.4, 0.5) is 0 Å². The Kier molecular flexibility index (Phi) is 50.8. The molecule has 4 atom stereocenters. The molecule has 0 aromatic rings. The maximum absolute atomic E-state index is 10.3. The Morgan fingerprint density at radius 2 is 0.453 bits per heavy atom. The van der Waals surface area contributed by atoms with Crippen LogP contribution >= 0.6 is 50.5 Å². The second-order valence-electron chi connectivity index (χ2n) is 15.5. The molecule has 0 aliphatic rings. The Morgan fingerprint density at radius 3 is 0.566 bits per heavy atom. The third-order valence-electron chi connectivity index (χ3n) is 8.12. The number of carboxylic acid groups (broad SMARTS) is 4. The molecule has 0 saturated carbocycles. The van der Waals surface area contributed by atoms with Crippen molar-refractivity contribution in [2.24, 2.45) is 23.7 Å². The van der Waals surface area contributed by atoms with Gasteiger partial charge in [0.2, 0.25) is 0 Å². The molecule has 0 spiro atoms. The molecule has 0 aromatic carbocycles. The Bertz CT molecular complexity index is 727. The van der Waals surface area contributed by atoms with Crippen molar-refractivity contribution < 1.29 is 39.6 Å². The fourth-order valence-electron chi connectivity index (χ4n) is 4.74. The summed E-state index contributed by atoms with van der Waals surface area (Å²) in [6.07, 6.45) is 20.3. The van der Waals surface area contributed by atoms with Gasteiger partial charge < -0.3 is 39.6 Å². The Morgan fingerprint density at radius 1 is 0.321 bits per heavy atom. The maximum atomic E-state index is 10.3. The average Bonchev–Trinajstić information content (AvgIpc) is 3.03. The molecule has 13 heteroatoms. The van der Waals surface area contributed by atoms with Gasteiger partial charge in [-0.2, -0.15) is 50.5 Å². The number of unbranched alkanes of at least 4 members (excludes halogenated alkanes) is 8. The topological polar surface area (TPSA) is 161 Å². The fraction of sp³-hybridized carbons (Fsp3) is 0.900. The van der Waals surface area contributed by atoms with Crippen molar-refractivity contribution in [1.29, 1.82) is 0 Å². The molecular weight excluding hydrogens is 855 g/mol. The van der Waals surface area contributed by atoms with Gasteiger partial charge in [0.05, 0.1) is 23.9 Å². The third kappa shape index (κ3) is 56.5. The number of carbonyl (C=O) groups is 4. The molecule has 0 heterocycles. The minimum Gasteiger partial charge on any atom is -0.549 e. The molecule has 0 aliphatic carbocycles. The number of aliphatic carboxylic acids is 4. The standard InChI is InChI=1S/4C10H20O2S.Sn/c4*1-8(2)6-4-3-5-7-9(13)10(11)12;/h4*8-9,13H,3-7H2,1-2H3,(H,11,12);/q;;;;+4/p-4. The van der Waals surface area contributed by atoms with Gasteiger partial charge in [0.15, 0.2) is 0 Å². The Hall–Kier alpha value is 0.0787. The smallest absolute Gasteiger partial charge is 0.549 e. The van der Waals surface area contributed by atoms with Crippen LogP contribution < -0.4 is 20.4 Å². The average molecular weight is 932 g/mol. The van der Waals surface area contributed by atoms with Crippen LogP contribution in [-0.4, -0.2) is 68.8 Å². The van der Waals surface area contributed by atoms with Crippen LogP contribution in [0.5, 0.6) is 0 Å². The molecule has 312 valence electrons. The summed E-state index contributed by atoms with van der Waals surface area (Å²) in [5.74, 6) is -1.22. The maximum Gasteiger partial charge on any atom is 4.00 e. The van der Waals surface area contributed by atoms with Gasteiger partial charge in [-0.15, -0.1) is 0 Å². The monoisotopic (exact) mass is 932 g/mol. The van der Waals surface area contributed by atoms with Crippen molar-refractivity contribution in [1.82, 2.24) is 0 Å². The van der Waals surface area contributed by atoms with Gasteiger partial charge in [-0.1, -0.05) is 158 Å². The van der Waals surface area contributed by atoms with Gasteiger partial charge in [0.1, 0.15) is 0 Å². The zero-order valence-electron chi connectivity index (χ0n) is 34.3. The molecule has 0 N–H and O–H groups in total. The number of thiol groups is 4. The predicted molar refractivity (Wildman–Crippen MR) is 229 cm³/mol. The van der Waals surface area contributed by atoms with E-state index in [4.69, 9.17) is 0 Å². The molecular formula is C40H76O8S4Sn. The van der Waals surface area contributed by atoms with Crippen LogP contribution in [0.3, 0.4) is 0 Å². The second-order valence-corrected chi connectivity index (χ2v) is 18.0. The van der Waals surface area contributed by atoms with Crippen LogP contribution in [0.15, 0.2) is 0 Å². The van der Waals surface area contributed by atoms with E-state index in [1.807, 2.05) is 0 Å². The number of hydrogen-bond donors (Lipinski definition) is 4. The van der Waals surface area contributed by atoms with Crippen LogP contribution in [0, 0.1) is 23.7 Å². The first-order valence-electron chi connectivity index (χ1n) is 19.7. The minimum absolute atomic E-state index is 0. The van der Waals surface area contributed by atoms with Crippen molar-refractivity contribution in [3.8, 4) is 0 Å². The summed E-state index contributed by atoms with van der Waals surface area (Å²) in [4.78, 5) is 41.1. The summed E-state index contributed by atoms with van der Waals surface area (Å²) >= 11 is 15.6. The van der Waals surface area contributed by atoms with E-state index in [0.29, 0.717) is 25.7 Å². The summed E-state index contributed by atoms with van der Waals surface area (Å²) in [7, 11) is 0. The fourth-order valence-corrected chi connectivity index (χ4v) is 5.47. The third-order valence-corrected chi connectivity index (χ3v) is 10.0. The molecule has 4 unspecified atom stereocenters. The van der Waals surface area contributed by atoms with Gasteiger partial charge in [0.25, 0.3) is 0 Å². The SMILES string of the molecule is CC(C)CCCCCC(S)C(=O)[O-].CC(C)CCCCCC(S)C(=O)[O-].CC(C)CCCCCC(S)C(=O)[O-].CC(C)CCCCCC(S)C(=O)[O-].[Sn+4]. The minimum atomic E-state index is -1.05. The summed E-state index contributed by atoms with van der Waals surface area (Å²) in [5, 5.41) is 38.8. The van der Waals surface area contributed by atoms with Gasteiger partial charge in [0, 0.05) is 21.0 Å². The van der Waals surface area contributed by atoms with Gasteiger partial charge >= 0.3 is 23.9 Å². The summed E-state index contributed by atoms with van der Waals surface area (Å²) < 4.78 is 0. The van der Waals surface area contributed by atoms with Crippen molar-refractivity contribution in [3.05, 3.63) is 0 Å². The van der Waals surface area contributed by atoms with Crippen LogP contribution in [0.2, 0.25) is 0 Å². The number of rotatable bonds is 28. The van der Waals surface area contributed by atoms with Crippen LogP contribution in [-0.2, 0) is 19.2 Å². The molecule has 0 aromatic heterocycles. The van der Waals surface area contributed by atoms with E-state index in [0.717, 1.165) is 75.0 Å². The second kappa shape index (κ2) is 43.2. The van der Waals surface area contributed by atoms with E-state index in [9.17, 15) is 39.6 Å². The first-order valence-corrected chi connectivity index (χ1v) is 21.8. The van der Waals surface area contributed by atoms with Gasteiger partial charge in [-0.3, -0.25) is 0 Å².